The first-order valence-electron chi connectivity index (χ1n) is 10.7. The summed E-state index contributed by atoms with van der Waals surface area (Å²) in [5, 5.41) is 12.9. The van der Waals surface area contributed by atoms with Gasteiger partial charge < -0.3 is 24.6 Å². The lowest BCUT2D eigenvalue weighted by molar-refractivity contribution is -0.0774. The number of hydrogen-bond acceptors (Lipinski definition) is 5. The standard InChI is InChI=1S/C23H20F3N3O5/c24-12-7-15(25)13(16(26)8-12)9-27-21(32)14-10-28-17-3-6-34-11-23(17)4-1-2-5-29(23)22(33)18(28)20(31)19(14)30/h1-2,7-8,10,17,31H,3-6,9,11H2,(H,27,32)/t17-,23+/m0/s1. The Hall–Kier alpha value is -3.60. The SMILES string of the molecule is O=C(NCc1c(F)cc(F)cc1F)c1cn2c(c(O)c1=O)C(=O)N1CC=CC[C@]13COCC[C@H]23. The lowest BCUT2D eigenvalue weighted by Gasteiger charge is -2.55. The predicted octanol–water partition coefficient (Wildman–Crippen LogP) is 2.02. The molecule has 11 heteroatoms. The average molecular weight is 475 g/mol. The molecule has 1 fully saturated rings. The Labute approximate surface area is 191 Å². The van der Waals surface area contributed by atoms with Gasteiger partial charge in [0, 0.05) is 43.6 Å². The molecule has 0 aliphatic carbocycles. The minimum atomic E-state index is -1.19. The summed E-state index contributed by atoms with van der Waals surface area (Å²) in [6.45, 7) is 0.278. The number of carbonyl (C=O) groups is 2. The van der Waals surface area contributed by atoms with Crippen LogP contribution in [-0.4, -0.2) is 51.7 Å². The highest BCUT2D eigenvalue weighted by Gasteiger charge is 2.54. The Bertz CT molecular complexity index is 1280. The molecule has 2 aromatic rings. The van der Waals surface area contributed by atoms with E-state index in [1.54, 1.807) is 4.90 Å². The second-order valence-electron chi connectivity index (χ2n) is 8.56. The summed E-state index contributed by atoms with van der Waals surface area (Å²) in [7, 11) is 0. The Balaban J connectivity index is 1.53. The third-order valence-electron chi connectivity index (χ3n) is 6.74. The number of hydrogen-bond donors (Lipinski definition) is 2. The van der Waals surface area contributed by atoms with Crippen molar-refractivity contribution in [1.82, 2.24) is 14.8 Å². The predicted molar refractivity (Wildman–Crippen MR) is 112 cm³/mol. The molecule has 3 aliphatic rings. The number of fused-ring (bicyclic) bond motifs is 2. The van der Waals surface area contributed by atoms with Crippen molar-refractivity contribution < 1.29 is 32.6 Å². The molecule has 3 aliphatic heterocycles. The van der Waals surface area contributed by atoms with Gasteiger partial charge in [-0.3, -0.25) is 14.4 Å². The molecule has 178 valence electrons. The highest BCUT2D eigenvalue weighted by atomic mass is 19.1. The Morgan fingerprint density at radius 2 is 1.94 bits per heavy atom. The number of aromatic hydroxyl groups is 1. The number of pyridine rings is 1. The van der Waals surface area contributed by atoms with Crippen molar-refractivity contribution >= 4 is 11.8 Å². The molecule has 2 amide bonds. The number of ether oxygens (including phenoxy) is 1. The van der Waals surface area contributed by atoms with Crippen molar-refractivity contribution in [2.75, 3.05) is 19.8 Å². The minimum Gasteiger partial charge on any atom is -0.503 e. The van der Waals surface area contributed by atoms with Crippen molar-refractivity contribution in [3.63, 3.8) is 0 Å². The molecule has 1 saturated heterocycles. The number of aromatic nitrogens is 1. The van der Waals surface area contributed by atoms with Crippen LogP contribution in [0.5, 0.6) is 5.75 Å². The lowest BCUT2D eigenvalue weighted by Crippen LogP contribution is -2.66. The van der Waals surface area contributed by atoms with Gasteiger partial charge in [-0.15, -0.1) is 0 Å². The summed E-state index contributed by atoms with van der Waals surface area (Å²) in [5.41, 5.74) is -3.09. The van der Waals surface area contributed by atoms with Crippen LogP contribution in [0.15, 0.2) is 35.3 Å². The first-order chi connectivity index (χ1) is 16.2. The van der Waals surface area contributed by atoms with E-state index in [0.717, 1.165) is 0 Å². The van der Waals surface area contributed by atoms with Crippen LogP contribution < -0.4 is 10.7 Å². The summed E-state index contributed by atoms with van der Waals surface area (Å²) in [5.74, 6) is -5.91. The molecular formula is C23H20F3N3O5. The van der Waals surface area contributed by atoms with E-state index in [9.17, 15) is 32.7 Å². The van der Waals surface area contributed by atoms with Gasteiger partial charge in [-0.25, -0.2) is 13.2 Å². The molecule has 34 heavy (non-hydrogen) atoms. The fraction of sp³-hybridized carbons (Fsp3) is 0.348. The summed E-state index contributed by atoms with van der Waals surface area (Å²) >= 11 is 0. The molecule has 8 nitrogen and oxygen atoms in total. The molecule has 2 atom stereocenters. The van der Waals surface area contributed by atoms with Crippen LogP contribution in [0.25, 0.3) is 0 Å². The van der Waals surface area contributed by atoms with E-state index >= 15 is 0 Å². The maximum atomic E-state index is 13.9. The summed E-state index contributed by atoms with van der Waals surface area (Å²) in [4.78, 5) is 40.5. The topological polar surface area (TPSA) is 101 Å². The molecule has 0 bridgehead atoms. The largest absolute Gasteiger partial charge is 0.503 e. The van der Waals surface area contributed by atoms with Crippen molar-refractivity contribution in [1.29, 1.82) is 0 Å². The van der Waals surface area contributed by atoms with Crippen LogP contribution in [-0.2, 0) is 11.3 Å². The maximum Gasteiger partial charge on any atom is 0.275 e. The van der Waals surface area contributed by atoms with Crippen molar-refractivity contribution in [2.24, 2.45) is 0 Å². The number of halogens is 3. The minimum absolute atomic E-state index is 0.213. The first-order valence-corrected chi connectivity index (χ1v) is 10.7. The van der Waals surface area contributed by atoms with Crippen LogP contribution in [0.1, 0.15) is 45.3 Å². The number of nitrogens with zero attached hydrogens (tertiary/aromatic N) is 2. The van der Waals surface area contributed by atoms with Gasteiger partial charge >= 0.3 is 0 Å². The van der Waals surface area contributed by atoms with Crippen molar-refractivity contribution in [3.05, 3.63) is 75.0 Å². The fourth-order valence-electron chi connectivity index (χ4n) is 5.08. The van der Waals surface area contributed by atoms with E-state index in [0.29, 0.717) is 38.1 Å². The van der Waals surface area contributed by atoms with Gasteiger partial charge in [0.25, 0.3) is 11.8 Å². The smallest absolute Gasteiger partial charge is 0.275 e. The van der Waals surface area contributed by atoms with Gasteiger partial charge in [-0.2, -0.15) is 0 Å². The number of nitrogens with one attached hydrogen (secondary N) is 1. The van der Waals surface area contributed by atoms with Crippen LogP contribution in [0, 0.1) is 17.5 Å². The average Bonchev–Trinajstić information content (AvgIpc) is 2.80. The highest BCUT2D eigenvalue weighted by molar-refractivity contribution is 5.99. The normalized spacial score (nSPS) is 23.2. The van der Waals surface area contributed by atoms with Gasteiger partial charge in [-0.05, 0) is 12.8 Å². The number of amides is 2. The molecule has 4 heterocycles. The summed E-state index contributed by atoms with van der Waals surface area (Å²) < 4.78 is 48.1. The molecule has 0 saturated carbocycles. The fourth-order valence-corrected chi connectivity index (χ4v) is 5.08. The van der Waals surface area contributed by atoms with Crippen molar-refractivity contribution in [2.45, 2.75) is 31.0 Å². The maximum absolute atomic E-state index is 13.9. The second kappa shape index (κ2) is 8.01. The van der Waals surface area contributed by atoms with Crippen molar-refractivity contribution in [3.8, 4) is 5.75 Å². The zero-order valence-electron chi connectivity index (χ0n) is 17.8. The highest BCUT2D eigenvalue weighted by Crippen LogP contribution is 2.46. The van der Waals surface area contributed by atoms with E-state index in [1.807, 2.05) is 12.2 Å². The third kappa shape index (κ3) is 3.22. The molecule has 0 unspecified atom stereocenters. The second-order valence-corrected chi connectivity index (χ2v) is 8.56. The molecule has 1 aromatic heterocycles. The van der Waals surface area contributed by atoms with E-state index in [2.05, 4.69) is 5.32 Å². The van der Waals surface area contributed by atoms with E-state index in [-0.39, 0.29) is 18.3 Å². The Morgan fingerprint density at radius 3 is 2.68 bits per heavy atom. The quantitative estimate of drug-likeness (QED) is 0.662. The van der Waals surface area contributed by atoms with Crippen LogP contribution >= 0.6 is 0 Å². The van der Waals surface area contributed by atoms with Crippen LogP contribution in [0.4, 0.5) is 13.2 Å². The zero-order valence-corrected chi connectivity index (χ0v) is 17.8. The molecule has 1 spiro atoms. The van der Waals surface area contributed by atoms with Crippen LogP contribution in [0.3, 0.4) is 0 Å². The number of carbonyl (C=O) groups excluding carboxylic acids is 2. The van der Waals surface area contributed by atoms with Gasteiger partial charge in [0.05, 0.1) is 18.2 Å². The number of benzene rings is 1. The third-order valence-corrected chi connectivity index (χ3v) is 6.74. The first kappa shape index (κ1) is 22.2. The Morgan fingerprint density at radius 1 is 1.21 bits per heavy atom. The van der Waals surface area contributed by atoms with E-state index in [1.165, 1.54) is 10.8 Å². The van der Waals surface area contributed by atoms with Crippen LogP contribution in [0.2, 0.25) is 0 Å². The summed E-state index contributed by atoms with van der Waals surface area (Å²) in [6, 6.07) is 0.583. The van der Waals surface area contributed by atoms with Gasteiger partial charge in [0.15, 0.2) is 11.4 Å². The number of rotatable bonds is 3. The molecule has 0 radical (unpaired) electrons. The van der Waals surface area contributed by atoms with Gasteiger partial charge in [0.1, 0.15) is 23.0 Å². The molecule has 2 N–H and O–H groups in total. The molecule has 5 rings (SSSR count). The lowest BCUT2D eigenvalue weighted by atomic mass is 9.77. The molecule has 1 aromatic carbocycles. The zero-order chi connectivity index (χ0) is 24.2. The Kier molecular flexibility index (Phi) is 5.23. The molecular weight excluding hydrogens is 455 g/mol. The van der Waals surface area contributed by atoms with Gasteiger partial charge in [-0.1, -0.05) is 12.2 Å². The van der Waals surface area contributed by atoms with E-state index in [4.69, 9.17) is 4.74 Å². The van der Waals surface area contributed by atoms with Gasteiger partial charge in [0.2, 0.25) is 5.43 Å². The monoisotopic (exact) mass is 475 g/mol. The summed E-state index contributed by atoms with van der Waals surface area (Å²) in [6.07, 6.45) is 5.95. The van der Waals surface area contributed by atoms with E-state index < -0.39 is 63.7 Å².